The SMILES string of the molecule is CC.CCCC(C(=O)N(O)CCc1c[nH]c2cccc(O)c12)N(CCC)C(CCc1ccccc1)C(O)P(C)(C)=O. The van der Waals surface area contributed by atoms with Crippen molar-refractivity contribution in [2.45, 2.75) is 84.1 Å². The predicted molar refractivity (Wildman–Crippen MR) is 168 cm³/mol. The zero-order valence-corrected chi connectivity index (χ0v) is 26.5. The molecule has 1 aromatic heterocycles. The Labute approximate surface area is 245 Å². The van der Waals surface area contributed by atoms with Gasteiger partial charge in [0.05, 0.1) is 12.6 Å². The van der Waals surface area contributed by atoms with Crippen molar-refractivity contribution >= 4 is 24.0 Å². The highest BCUT2D eigenvalue weighted by Gasteiger charge is 2.39. The number of phenolic OH excluding ortho intramolecular Hbond substituents is 1. The van der Waals surface area contributed by atoms with Gasteiger partial charge in [0, 0.05) is 23.1 Å². The number of nitrogens with one attached hydrogen (secondary N) is 1. The first-order valence-corrected chi connectivity index (χ1v) is 17.6. The van der Waals surface area contributed by atoms with E-state index in [2.05, 4.69) is 4.98 Å². The Morgan fingerprint density at radius 3 is 2.24 bits per heavy atom. The molecule has 0 radical (unpaired) electrons. The lowest BCUT2D eigenvalue weighted by Crippen LogP contribution is -2.55. The molecular formula is C32H50N3O5P. The number of hydrogen-bond donors (Lipinski definition) is 4. The van der Waals surface area contributed by atoms with E-state index in [4.69, 9.17) is 0 Å². The Morgan fingerprint density at radius 1 is 0.951 bits per heavy atom. The number of amides is 1. The average Bonchev–Trinajstić information content (AvgIpc) is 3.39. The summed E-state index contributed by atoms with van der Waals surface area (Å²) < 4.78 is 13.1. The number of aliphatic hydroxyl groups is 1. The first-order valence-electron chi connectivity index (χ1n) is 14.9. The Hall–Kier alpha value is -2.64. The minimum atomic E-state index is -2.90. The number of hydrogen-bond acceptors (Lipinski definition) is 6. The van der Waals surface area contributed by atoms with Crippen molar-refractivity contribution in [2.24, 2.45) is 0 Å². The second-order valence-electron chi connectivity index (χ2n) is 10.7. The van der Waals surface area contributed by atoms with Crippen LogP contribution in [-0.4, -0.2) is 80.6 Å². The van der Waals surface area contributed by atoms with Crippen LogP contribution in [0.15, 0.2) is 54.7 Å². The van der Waals surface area contributed by atoms with Crippen LogP contribution in [0.3, 0.4) is 0 Å². The van der Waals surface area contributed by atoms with Gasteiger partial charge in [-0.25, -0.2) is 5.06 Å². The molecule has 0 saturated carbocycles. The molecule has 2 aromatic carbocycles. The van der Waals surface area contributed by atoms with Crippen LogP contribution in [0.4, 0.5) is 0 Å². The Balaban J connectivity index is 0.00000287. The van der Waals surface area contributed by atoms with Gasteiger partial charge in [-0.15, -0.1) is 0 Å². The molecule has 9 heteroatoms. The van der Waals surface area contributed by atoms with Gasteiger partial charge in [-0.1, -0.05) is 70.5 Å². The lowest BCUT2D eigenvalue weighted by Gasteiger charge is -2.41. The molecule has 3 rings (SSSR count). The smallest absolute Gasteiger partial charge is 0.263 e. The molecule has 1 heterocycles. The number of H-pyrrole nitrogens is 1. The molecule has 0 bridgehead atoms. The van der Waals surface area contributed by atoms with E-state index < -0.39 is 31.0 Å². The molecule has 3 aromatic rings. The summed E-state index contributed by atoms with van der Waals surface area (Å²) in [6.45, 7) is 11.8. The molecule has 228 valence electrons. The molecule has 0 aliphatic rings. The summed E-state index contributed by atoms with van der Waals surface area (Å²) in [7, 11) is -2.90. The molecule has 0 saturated heterocycles. The number of carbonyl (C=O) groups excluding carboxylic acids is 1. The summed E-state index contributed by atoms with van der Waals surface area (Å²) in [5.41, 5.74) is 2.70. The zero-order chi connectivity index (χ0) is 30.6. The van der Waals surface area contributed by atoms with Gasteiger partial charge in [-0.05, 0) is 75.2 Å². The van der Waals surface area contributed by atoms with Crippen LogP contribution in [-0.2, 0) is 22.2 Å². The van der Waals surface area contributed by atoms with Gasteiger partial charge in [0.15, 0.2) is 0 Å². The minimum absolute atomic E-state index is 0.0532. The van der Waals surface area contributed by atoms with E-state index in [0.717, 1.165) is 28.1 Å². The van der Waals surface area contributed by atoms with Crippen molar-refractivity contribution in [3.05, 3.63) is 65.9 Å². The van der Waals surface area contributed by atoms with Gasteiger partial charge >= 0.3 is 0 Å². The quantitative estimate of drug-likeness (QED) is 0.0918. The number of hydroxylamine groups is 2. The van der Waals surface area contributed by atoms with E-state index in [1.165, 1.54) is 0 Å². The maximum absolute atomic E-state index is 13.7. The molecule has 4 N–H and O–H groups in total. The summed E-state index contributed by atoms with van der Waals surface area (Å²) in [5, 5.41) is 34.0. The maximum atomic E-state index is 13.7. The van der Waals surface area contributed by atoms with Gasteiger partial charge < -0.3 is 19.8 Å². The molecule has 8 nitrogen and oxygen atoms in total. The van der Waals surface area contributed by atoms with E-state index >= 15 is 0 Å². The standard InChI is InChI=1S/C30H44N3O5P.C2H6/c1-5-11-25(29(35)33(37)20-18-23-21-31-24-14-10-15-27(34)28(23)24)32(19-6-2)26(30(36)39(3,4)38)17-16-22-12-8-7-9-13-22;1-2/h7-10,12-15,21,25-26,30-31,34,36-37H,5-6,11,16-20H2,1-4H3;1-2H3. The third-order valence-corrected chi connectivity index (χ3v) is 8.94. The number of aryl methyl sites for hydroxylation is 1. The molecule has 0 aliphatic carbocycles. The van der Waals surface area contributed by atoms with Crippen LogP contribution in [0.25, 0.3) is 10.9 Å². The third kappa shape index (κ3) is 9.44. The van der Waals surface area contributed by atoms with Crippen molar-refractivity contribution < 1.29 is 24.8 Å². The van der Waals surface area contributed by atoms with Crippen molar-refractivity contribution in [3.63, 3.8) is 0 Å². The molecule has 3 unspecified atom stereocenters. The van der Waals surface area contributed by atoms with Crippen LogP contribution < -0.4 is 0 Å². The van der Waals surface area contributed by atoms with Crippen LogP contribution in [0.5, 0.6) is 5.75 Å². The van der Waals surface area contributed by atoms with Crippen molar-refractivity contribution in [3.8, 4) is 5.75 Å². The number of aromatic amines is 1. The average molecular weight is 588 g/mol. The van der Waals surface area contributed by atoms with Crippen molar-refractivity contribution in [2.75, 3.05) is 26.4 Å². The van der Waals surface area contributed by atoms with Crippen molar-refractivity contribution in [1.82, 2.24) is 14.9 Å². The first kappa shape index (κ1) is 34.6. The number of phenols is 1. The number of benzene rings is 2. The number of aromatic nitrogens is 1. The van der Waals surface area contributed by atoms with Crippen LogP contribution >= 0.6 is 7.14 Å². The molecular weight excluding hydrogens is 537 g/mol. The molecule has 0 aliphatic heterocycles. The fraction of sp³-hybridized carbons (Fsp3) is 0.531. The summed E-state index contributed by atoms with van der Waals surface area (Å²) in [4.78, 5) is 18.8. The maximum Gasteiger partial charge on any atom is 0.263 e. The van der Waals surface area contributed by atoms with Crippen LogP contribution in [0.2, 0.25) is 0 Å². The second kappa shape index (κ2) is 16.7. The number of aromatic hydroxyl groups is 1. The topological polar surface area (TPSA) is 117 Å². The van der Waals surface area contributed by atoms with Gasteiger partial charge in [-0.3, -0.25) is 14.9 Å². The Bertz CT molecular complexity index is 1240. The van der Waals surface area contributed by atoms with E-state index in [1.807, 2.05) is 69.0 Å². The highest BCUT2D eigenvalue weighted by atomic mass is 31.2. The molecule has 41 heavy (non-hydrogen) atoms. The van der Waals surface area contributed by atoms with Gasteiger partial charge in [0.25, 0.3) is 5.91 Å². The Kier molecular flexibility index (Phi) is 14.1. The fourth-order valence-electron chi connectivity index (χ4n) is 5.32. The summed E-state index contributed by atoms with van der Waals surface area (Å²) >= 11 is 0. The lowest BCUT2D eigenvalue weighted by atomic mass is 10.00. The van der Waals surface area contributed by atoms with Crippen LogP contribution in [0, 0.1) is 0 Å². The third-order valence-electron chi connectivity index (χ3n) is 7.32. The van der Waals surface area contributed by atoms with Gasteiger partial charge in [-0.2, -0.15) is 0 Å². The van der Waals surface area contributed by atoms with Gasteiger partial charge in [0.1, 0.15) is 18.7 Å². The number of aliphatic hydroxyl groups excluding tert-OH is 1. The van der Waals surface area contributed by atoms with E-state index in [1.54, 1.807) is 31.7 Å². The molecule has 3 atom stereocenters. The molecule has 0 fully saturated rings. The first-order chi connectivity index (χ1) is 19.6. The summed E-state index contributed by atoms with van der Waals surface area (Å²) in [5.74, 6) is -1.38. The fourth-order valence-corrected chi connectivity index (χ4v) is 6.47. The molecule has 0 spiro atoms. The normalized spacial score (nSPS) is 13.9. The summed E-state index contributed by atoms with van der Waals surface area (Å²) in [6.07, 6.45) is 5.28. The number of carbonyl (C=O) groups is 1. The highest BCUT2D eigenvalue weighted by molar-refractivity contribution is 7.62. The number of fused-ring (bicyclic) bond motifs is 1. The van der Waals surface area contributed by atoms with E-state index in [-0.39, 0.29) is 12.3 Å². The second-order valence-corrected chi connectivity index (χ2v) is 14.1. The van der Waals surface area contributed by atoms with Crippen LogP contribution in [0.1, 0.15) is 64.5 Å². The van der Waals surface area contributed by atoms with E-state index in [9.17, 15) is 24.8 Å². The number of nitrogens with zero attached hydrogens (tertiary/aromatic N) is 2. The largest absolute Gasteiger partial charge is 0.507 e. The van der Waals surface area contributed by atoms with Gasteiger partial charge in [0.2, 0.25) is 0 Å². The highest BCUT2D eigenvalue weighted by Crippen LogP contribution is 2.45. The number of rotatable bonds is 15. The minimum Gasteiger partial charge on any atom is -0.507 e. The van der Waals surface area contributed by atoms with E-state index in [0.29, 0.717) is 44.0 Å². The lowest BCUT2D eigenvalue weighted by molar-refractivity contribution is -0.173. The zero-order valence-electron chi connectivity index (χ0n) is 25.6. The predicted octanol–water partition coefficient (Wildman–Crippen LogP) is 6.48. The Morgan fingerprint density at radius 2 is 1.63 bits per heavy atom. The summed E-state index contributed by atoms with van der Waals surface area (Å²) in [6, 6.07) is 14.0. The monoisotopic (exact) mass is 587 g/mol. The molecule has 1 amide bonds. The van der Waals surface area contributed by atoms with Crippen molar-refractivity contribution in [1.29, 1.82) is 0 Å².